The summed E-state index contributed by atoms with van der Waals surface area (Å²) >= 11 is 2.30. The lowest BCUT2D eigenvalue weighted by Gasteiger charge is -2.18. The molecular formula is C12H13IO2. The summed E-state index contributed by atoms with van der Waals surface area (Å²) in [5.74, 6) is 0.389. The van der Waals surface area contributed by atoms with Crippen LogP contribution in [0.4, 0.5) is 0 Å². The van der Waals surface area contributed by atoms with E-state index in [2.05, 4.69) is 46.9 Å². The Labute approximate surface area is 103 Å². The Bertz CT molecular complexity index is 379. The molecule has 0 saturated heterocycles. The number of ether oxygens (including phenoxy) is 2. The molecule has 3 heteroatoms. The standard InChI is InChI=1S/C12H13IO2/c1-12(2)14-8-11(15-12)7-9-3-5-10(13)6-4-9/h3-6,8H,7H2,1-2H3. The summed E-state index contributed by atoms with van der Waals surface area (Å²) in [6, 6.07) is 8.41. The first-order chi connectivity index (χ1) is 7.05. The molecule has 1 heterocycles. The minimum Gasteiger partial charge on any atom is -0.457 e. The third-order valence-electron chi connectivity index (χ3n) is 2.14. The number of halogens is 1. The Morgan fingerprint density at radius 1 is 1.20 bits per heavy atom. The lowest BCUT2D eigenvalue weighted by atomic mass is 10.1. The average Bonchev–Trinajstić information content (AvgIpc) is 2.50. The van der Waals surface area contributed by atoms with Crippen LogP contribution in [0.1, 0.15) is 19.4 Å². The van der Waals surface area contributed by atoms with Crippen LogP contribution in [-0.4, -0.2) is 5.79 Å². The van der Waals surface area contributed by atoms with Gasteiger partial charge in [0.15, 0.2) is 0 Å². The second kappa shape index (κ2) is 4.04. The van der Waals surface area contributed by atoms with Crippen molar-refractivity contribution in [1.29, 1.82) is 0 Å². The molecular weight excluding hydrogens is 303 g/mol. The fourth-order valence-electron chi connectivity index (χ4n) is 1.45. The van der Waals surface area contributed by atoms with Crippen LogP contribution in [0.3, 0.4) is 0 Å². The highest BCUT2D eigenvalue weighted by Crippen LogP contribution is 2.26. The highest BCUT2D eigenvalue weighted by Gasteiger charge is 2.27. The minimum absolute atomic E-state index is 0.501. The number of benzene rings is 1. The van der Waals surface area contributed by atoms with Crippen molar-refractivity contribution in [2.24, 2.45) is 0 Å². The molecule has 1 aromatic carbocycles. The van der Waals surface area contributed by atoms with Crippen molar-refractivity contribution in [2.45, 2.75) is 26.1 Å². The van der Waals surface area contributed by atoms with Gasteiger partial charge in [-0.15, -0.1) is 0 Å². The zero-order valence-corrected chi connectivity index (χ0v) is 10.9. The summed E-state index contributed by atoms with van der Waals surface area (Å²) in [5.41, 5.74) is 1.24. The molecule has 0 bridgehead atoms. The van der Waals surface area contributed by atoms with Crippen LogP contribution in [0, 0.1) is 3.57 Å². The zero-order chi connectivity index (χ0) is 10.9. The van der Waals surface area contributed by atoms with Gasteiger partial charge < -0.3 is 9.47 Å². The van der Waals surface area contributed by atoms with Crippen molar-refractivity contribution >= 4 is 22.6 Å². The lowest BCUT2D eigenvalue weighted by molar-refractivity contribution is -0.117. The van der Waals surface area contributed by atoms with E-state index < -0.39 is 5.79 Å². The van der Waals surface area contributed by atoms with E-state index in [1.165, 1.54) is 9.13 Å². The van der Waals surface area contributed by atoms with Gasteiger partial charge in [-0.3, -0.25) is 0 Å². The van der Waals surface area contributed by atoms with Gasteiger partial charge in [0, 0.05) is 23.8 Å². The third-order valence-corrected chi connectivity index (χ3v) is 2.86. The summed E-state index contributed by atoms with van der Waals surface area (Å²) < 4.78 is 12.2. The first-order valence-corrected chi connectivity index (χ1v) is 5.93. The van der Waals surface area contributed by atoms with Crippen LogP contribution >= 0.6 is 22.6 Å². The van der Waals surface area contributed by atoms with Crippen LogP contribution < -0.4 is 0 Å². The monoisotopic (exact) mass is 316 g/mol. The van der Waals surface area contributed by atoms with Crippen molar-refractivity contribution in [3.63, 3.8) is 0 Å². The van der Waals surface area contributed by atoms with Crippen molar-refractivity contribution in [3.8, 4) is 0 Å². The van der Waals surface area contributed by atoms with Gasteiger partial charge in [0.05, 0.1) is 0 Å². The third kappa shape index (κ3) is 2.87. The molecule has 15 heavy (non-hydrogen) atoms. The van der Waals surface area contributed by atoms with Gasteiger partial charge in [-0.2, -0.15) is 0 Å². The lowest BCUT2D eigenvalue weighted by Crippen LogP contribution is -2.20. The smallest absolute Gasteiger partial charge is 0.244 e. The zero-order valence-electron chi connectivity index (χ0n) is 8.79. The summed E-state index contributed by atoms with van der Waals surface area (Å²) in [5, 5.41) is 0. The van der Waals surface area contributed by atoms with E-state index in [4.69, 9.17) is 9.47 Å². The van der Waals surface area contributed by atoms with Gasteiger partial charge in [0.25, 0.3) is 0 Å². The van der Waals surface area contributed by atoms with E-state index in [1.54, 1.807) is 6.26 Å². The van der Waals surface area contributed by atoms with Crippen LogP contribution in [0.15, 0.2) is 36.3 Å². The first-order valence-electron chi connectivity index (χ1n) is 4.85. The number of hydrogen-bond donors (Lipinski definition) is 0. The molecule has 0 radical (unpaired) electrons. The predicted molar refractivity (Wildman–Crippen MR) is 67.2 cm³/mol. The fraction of sp³-hybridized carbons (Fsp3) is 0.333. The molecule has 1 aliphatic rings. The summed E-state index contributed by atoms with van der Waals surface area (Å²) in [6.07, 6.45) is 2.50. The molecule has 1 aliphatic heterocycles. The summed E-state index contributed by atoms with van der Waals surface area (Å²) in [4.78, 5) is 0. The molecule has 0 fully saturated rings. The predicted octanol–water partition coefficient (Wildman–Crippen LogP) is 3.46. The first kappa shape index (κ1) is 10.8. The van der Waals surface area contributed by atoms with E-state index in [0.717, 1.165) is 12.2 Å². The van der Waals surface area contributed by atoms with Gasteiger partial charge >= 0.3 is 0 Å². The van der Waals surface area contributed by atoms with Crippen molar-refractivity contribution in [2.75, 3.05) is 0 Å². The molecule has 2 rings (SSSR count). The number of hydrogen-bond acceptors (Lipinski definition) is 2. The molecule has 0 spiro atoms. The molecule has 1 aromatic rings. The molecule has 2 nitrogen and oxygen atoms in total. The Kier molecular flexibility index (Phi) is 2.91. The summed E-state index contributed by atoms with van der Waals surface area (Å²) in [6.45, 7) is 3.81. The van der Waals surface area contributed by atoms with Gasteiger partial charge in [0.2, 0.25) is 5.79 Å². The average molecular weight is 316 g/mol. The molecule has 0 N–H and O–H groups in total. The number of allylic oxidation sites excluding steroid dienone is 1. The Morgan fingerprint density at radius 2 is 1.87 bits per heavy atom. The van der Waals surface area contributed by atoms with Crippen LogP contribution in [0.2, 0.25) is 0 Å². The Hall–Kier alpha value is -0.710. The molecule has 0 saturated carbocycles. The maximum atomic E-state index is 5.62. The van der Waals surface area contributed by atoms with Gasteiger partial charge in [-0.1, -0.05) is 12.1 Å². The molecule has 0 aliphatic carbocycles. The van der Waals surface area contributed by atoms with Crippen molar-refractivity contribution in [1.82, 2.24) is 0 Å². The Morgan fingerprint density at radius 3 is 2.40 bits per heavy atom. The van der Waals surface area contributed by atoms with E-state index in [-0.39, 0.29) is 0 Å². The van der Waals surface area contributed by atoms with E-state index in [9.17, 15) is 0 Å². The van der Waals surface area contributed by atoms with Crippen molar-refractivity contribution < 1.29 is 9.47 Å². The topological polar surface area (TPSA) is 18.5 Å². The van der Waals surface area contributed by atoms with Gasteiger partial charge in [-0.05, 0) is 40.3 Å². The second-order valence-corrected chi connectivity index (χ2v) is 5.25. The Balaban J connectivity index is 2.02. The highest BCUT2D eigenvalue weighted by atomic mass is 127. The highest BCUT2D eigenvalue weighted by molar-refractivity contribution is 14.1. The second-order valence-electron chi connectivity index (χ2n) is 4.01. The van der Waals surface area contributed by atoms with Crippen LogP contribution in [-0.2, 0) is 15.9 Å². The van der Waals surface area contributed by atoms with Crippen molar-refractivity contribution in [3.05, 3.63) is 45.4 Å². The van der Waals surface area contributed by atoms with E-state index in [0.29, 0.717) is 0 Å². The van der Waals surface area contributed by atoms with Crippen LogP contribution in [0.25, 0.3) is 0 Å². The number of rotatable bonds is 2. The SMILES string of the molecule is CC1(C)OC=C(Cc2ccc(I)cc2)O1. The molecule has 0 atom stereocenters. The van der Waals surface area contributed by atoms with E-state index in [1.807, 2.05) is 13.8 Å². The quantitative estimate of drug-likeness (QED) is 0.778. The maximum Gasteiger partial charge on any atom is 0.244 e. The van der Waals surface area contributed by atoms with Gasteiger partial charge in [-0.25, -0.2) is 0 Å². The molecule has 0 aromatic heterocycles. The fourth-order valence-corrected chi connectivity index (χ4v) is 1.81. The maximum absolute atomic E-state index is 5.62. The normalized spacial score (nSPS) is 17.9. The molecule has 0 unspecified atom stereocenters. The molecule has 80 valence electrons. The molecule has 0 amide bonds. The summed E-state index contributed by atoms with van der Waals surface area (Å²) in [7, 11) is 0. The van der Waals surface area contributed by atoms with Gasteiger partial charge in [0.1, 0.15) is 12.0 Å². The minimum atomic E-state index is -0.501. The largest absolute Gasteiger partial charge is 0.457 e. The van der Waals surface area contributed by atoms with Crippen LogP contribution in [0.5, 0.6) is 0 Å². The van der Waals surface area contributed by atoms with E-state index >= 15 is 0 Å².